The van der Waals surface area contributed by atoms with Crippen LogP contribution in [-0.4, -0.2) is 13.4 Å². The van der Waals surface area contributed by atoms with Crippen LogP contribution in [0.5, 0.6) is 0 Å². The lowest BCUT2D eigenvalue weighted by molar-refractivity contribution is 0.559. The molecule has 3 aromatic rings. The van der Waals surface area contributed by atoms with Crippen molar-refractivity contribution >= 4 is 38.4 Å². The molecule has 0 saturated carbocycles. The van der Waals surface area contributed by atoms with Crippen molar-refractivity contribution in [3.63, 3.8) is 0 Å². The fourth-order valence-corrected chi connectivity index (χ4v) is 3.42. The summed E-state index contributed by atoms with van der Waals surface area (Å²) in [5.74, 6) is 0.489. The second-order valence-electron chi connectivity index (χ2n) is 4.88. The highest BCUT2D eigenvalue weighted by molar-refractivity contribution is 7.92. The maximum atomic E-state index is 12.5. The van der Waals surface area contributed by atoms with Gasteiger partial charge < -0.3 is 4.42 Å². The minimum absolute atomic E-state index is 0.107. The maximum absolute atomic E-state index is 12.5. The number of nitrogens with one attached hydrogen (secondary N) is 1. The summed E-state index contributed by atoms with van der Waals surface area (Å²) in [6.45, 7) is 3.46. The first-order valence-electron chi connectivity index (χ1n) is 6.52. The lowest BCUT2D eigenvalue weighted by atomic mass is 10.2. The Bertz CT molecular complexity index is 964. The van der Waals surface area contributed by atoms with Crippen molar-refractivity contribution < 1.29 is 12.8 Å². The summed E-state index contributed by atoms with van der Waals surface area (Å²) < 4.78 is 32.9. The monoisotopic (exact) mass is 336 g/mol. The van der Waals surface area contributed by atoms with Crippen molar-refractivity contribution in [1.82, 2.24) is 4.98 Å². The lowest BCUT2D eigenvalue weighted by Gasteiger charge is -2.11. The molecular weight excluding hydrogens is 324 g/mol. The van der Waals surface area contributed by atoms with Gasteiger partial charge >= 0.3 is 0 Å². The van der Waals surface area contributed by atoms with E-state index in [2.05, 4.69) is 9.71 Å². The summed E-state index contributed by atoms with van der Waals surface area (Å²) in [6.07, 6.45) is 0. The normalized spacial score (nSPS) is 11.8. The van der Waals surface area contributed by atoms with Crippen molar-refractivity contribution in [2.24, 2.45) is 0 Å². The Labute approximate surface area is 133 Å². The number of fused-ring (bicyclic) bond motifs is 1. The zero-order valence-electron chi connectivity index (χ0n) is 11.9. The molecule has 3 rings (SSSR count). The van der Waals surface area contributed by atoms with Crippen LogP contribution in [-0.2, 0) is 10.0 Å². The van der Waals surface area contributed by atoms with Crippen molar-refractivity contribution in [1.29, 1.82) is 0 Å². The van der Waals surface area contributed by atoms with Crippen LogP contribution >= 0.6 is 11.6 Å². The van der Waals surface area contributed by atoms with Crippen molar-refractivity contribution in [3.05, 3.63) is 52.9 Å². The summed E-state index contributed by atoms with van der Waals surface area (Å²) in [5.41, 5.74) is 2.17. The number of anilines is 1. The molecule has 0 bridgehead atoms. The Balaban J connectivity index is 2.02. The minimum Gasteiger partial charge on any atom is -0.441 e. The van der Waals surface area contributed by atoms with Gasteiger partial charge in [-0.25, -0.2) is 13.4 Å². The standard InChI is InChI=1S/C15H13ClN2O3S/c1-9-12(16)4-3-5-13(9)18-22(19,20)11-6-7-14-15(8-11)21-10(2)17-14/h3-8,18H,1-2H3. The molecule has 1 aromatic heterocycles. The number of aromatic nitrogens is 1. The van der Waals surface area contributed by atoms with Crippen molar-refractivity contribution in [3.8, 4) is 0 Å². The van der Waals surface area contributed by atoms with Gasteiger partial charge in [0, 0.05) is 18.0 Å². The molecule has 0 aliphatic carbocycles. The molecular formula is C15H13ClN2O3S. The third kappa shape index (κ3) is 2.67. The number of aryl methyl sites for hydroxylation is 1. The lowest BCUT2D eigenvalue weighted by Crippen LogP contribution is -2.13. The Hall–Kier alpha value is -2.05. The molecule has 0 atom stereocenters. The molecule has 0 aliphatic heterocycles. The summed E-state index contributed by atoms with van der Waals surface area (Å²) >= 11 is 6.01. The van der Waals surface area contributed by atoms with Crippen LogP contribution < -0.4 is 4.72 Å². The summed E-state index contributed by atoms with van der Waals surface area (Å²) in [5, 5.41) is 0.501. The van der Waals surface area contributed by atoms with Crippen LogP contribution in [0.2, 0.25) is 5.02 Å². The summed E-state index contributed by atoms with van der Waals surface area (Å²) in [7, 11) is -3.73. The molecule has 7 heteroatoms. The van der Waals surface area contributed by atoms with Crippen molar-refractivity contribution in [2.75, 3.05) is 4.72 Å². The molecule has 2 aromatic carbocycles. The van der Waals surface area contributed by atoms with Gasteiger partial charge in [0.15, 0.2) is 11.5 Å². The van der Waals surface area contributed by atoms with Crippen LogP contribution in [0.3, 0.4) is 0 Å². The number of nitrogens with zero attached hydrogens (tertiary/aromatic N) is 1. The van der Waals surface area contributed by atoms with Gasteiger partial charge in [-0.05, 0) is 36.8 Å². The third-order valence-electron chi connectivity index (χ3n) is 3.29. The van der Waals surface area contributed by atoms with Gasteiger partial charge in [-0.1, -0.05) is 17.7 Å². The largest absolute Gasteiger partial charge is 0.441 e. The van der Waals surface area contributed by atoms with E-state index in [9.17, 15) is 8.42 Å². The van der Waals surface area contributed by atoms with Crippen LogP contribution in [0.25, 0.3) is 11.1 Å². The van der Waals surface area contributed by atoms with E-state index in [0.717, 1.165) is 0 Å². The van der Waals surface area contributed by atoms with Crippen LogP contribution in [0, 0.1) is 13.8 Å². The molecule has 114 valence electrons. The number of rotatable bonds is 3. The van der Waals surface area contributed by atoms with E-state index >= 15 is 0 Å². The van der Waals surface area contributed by atoms with Gasteiger partial charge in [-0.2, -0.15) is 0 Å². The SMILES string of the molecule is Cc1nc2ccc(S(=O)(=O)Nc3cccc(Cl)c3C)cc2o1. The van der Waals surface area contributed by atoms with Gasteiger partial charge in [-0.15, -0.1) is 0 Å². The summed E-state index contributed by atoms with van der Waals surface area (Å²) in [4.78, 5) is 4.25. The molecule has 22 heavy (non-hydrogen) atoms. The van der Waals surface area contributed by atoms with Gasteiger partial charge in [0.1, 0.15) is 5.52 Å². The summed E-state index contributed by atoms with van der Waals surface area (Å²) in [6, 6.07) is 9.62. The first-order chi connectivity index (χ1) is 10.4. The highest BCUT2D eigenvalue weighted by Gasteiger charge is 2.17. The first kappa shape index (κ1) is 14.9. The van der Waals surface area contributed by atoms with E-state index in [4.69, 9.17) is 16.0 Å². The number of hydrogen-bond acceptors (Lipinski definition) is 4. The van der Waals surface area contributed by atoms with E-state index in [0.29, 0.717) is 33.3 Å². The Morgan fingerprint density at radius 1 is 1.18 bits per heavy atom. The molecule has 1 heterocycles. The number of halogens is 1. The second kappa shape index (κ2) is 5.30. The number of hydrogen-bond donors (Lipinski definition) is 1. The average Bonchev–Trinajstić information content (AvgIpc) is 2.82. The molecule has 0 spiro atoms. The molecule has 0 saturated heterocycles. The van der Waals surface area contributed by atoms with Crippen molar-refractivity contribution in [2.45, 2.75) is 18.7 Å². The highest BCUT2D eigenvalue weighted by Crippen LogP contribution is 2.26. The fourth-order valence-electron chi connectivity index (χ4n) is 2.11. The first-order valence-corrected chi connectivity index (χ1v) is 8.38. The third-order valence-corrected chi connectivity index (χ3v) is 5.06. The predicted octanol–water partition coefficient (Wildman–Crippen LogP) is 3.90. The Kier molecular flexibility index (Phi) is 3.58. The molecule has 0 aliphatic rings. The molecule has 0 unspecified atom stereocenters. The molecule has 0 amide bonds. The van der Waals surface area contributed by atoms with E-state index in [1.54, 1.807) is 38.1 Å². The molecule has 5 nitrogen and oxygen atoms in total. The van der Waals surface area contributed by atoms with E-state index in [1.165, 1.54) is 12.1 Å². The number of oxazole rings is 1. The van der Waals surface area contributed by atoms with E-state index in [1.807, 2.05) is 0 Å². The zero-order valence-corrected chi connectivity index (χ0v) is 13.5. The Morgan fingerprint density at radius 3 is 2.73 bits per heavy atom. The van der Waals surface area contributed by atoms with Crippen LogP contribution in [0.15, 0.2) is 45.7 Å². The van der Waals surface area contributed by atoms with E-state index in [-0.39, 0.29) is 4.90 Å². The van der Waals surface area contributed by atoms with Gasteiger partial charge in [0.25, 0.3) is 10.0 Å². The smallest absolute Gasteiger partial charge is 0.262 e. The van der Waals surface area contributed by atoms with Crippen LogP contribution in [0.4, 0.5) is 5.69 Å². The van der Waals surface area contributed by atoms with Gasteiger partial charge in [0.05, 0.1) is 10.6 Å². The minimum atomic E-state index is -3.73. The molecule has 1 N–H and O–H groups in total. The van der Waals surface area contributed by atoms with Gasteiger partial charge in [-0.3, -0.25) is 4.72 Å². The zero-order chi connectivity index (χ0) is 15.9. The highest BCUT2D eigenvalue weighted by atomic mass is 35.5. The van der Waals surface area contributed by atoms with Gasteiger partial charge in [0.2, 0.25) is 0 Å². The quantitative estimate of drug-likeness (QED) is 0.787. The second-order valence-corrected chi connectivity index (χ2v) is 6.97. The number of sulfonamides is 1. The number of benzene rings is 2. The topological polar surface area (TPSA) is 72.2 Å². The van der Waals surface area contributed by atoms with Crippen LogP contribution in [0.1, 0.15) is 11.5 Å². The Morgan fingerprint density at radius 2 is 1.95 bits per heavy atom. The van der Waals surface area contributed by atoms with E-state index < -0.39 is 10.0 Å². The predicted molar refractivity (Wildman–Crippen MR) is 85.7 cm³/mol. The molecule has 0 radical (unpaired) electrons. The molecule has 0 fully saturated rings. The fraction of sp³-hybridized carbons (Fsp3) is 0.133. The maximum Gasteiger partial charge on any atom is 0.262 e. The average molecular weight is 337 g/mol.